The first-order valence-corrected chi connectivity index (χ1v) is 9.32. The summed E-state index contributed by atoms with van der Waals surface area (Å²) < 4.78 is 1.64. The number of benzene rings is 1. The fourth-order valence-electron chi connectivity index (χ4n) is 4.28. The summed E-state index contributed by atoms with van der Waals surface area (Å²) in [5.74, 6) is -0.118. The van der Waals surface area contributed by atoms with Gasteiger partial charge in [-0.05, 0) is 49.9 Å². The molecule has 25 heavy (non-hydrogen) atoms. The van der Waals surface area contributed by atoms with Crippen LogP contribution in [0.2, 0.25) is 0 Å². The third-order valence-electron chi connectivity index (χ3n) is 5.92. The summed E-state index contributed by atoms with van der Waals surface area (Å²) in [4.78, 5) is 31.9. The highest BCUT2D eigenvalue weighted by molar-refractivity contribution is 5.95. The van der Waals surface area contributed by atoms with Gasteiger partial charge >= 0.3 is 0 Å². The van der Waals surface area contributed by atoms with Gasteiger partial charge in [0.1, 0.15) is 6.33 Å². The summed E-state index contributed by atoms with van der Waals surface area (Å²) in [7, 11) is 0. The number of rotatable bonds is 2. The number of likely N-dealkylation sites (tertiary alicyclic amines) is 1. The van der Waals surface area contributed by atoms with E-state index in [1.165, 1.54) is 24.8 Å². The molecule has 2 heterocycles. The molecule has 1 atom stereocenters. The van der Waals surface area contributed by atoms with Gasteiger partial charge in [0.15, 0.2) is 0 Å². The van der Waals surface area contributed by atoms with E-state index >= 15 is 0 Å². The van der Waals surface area contributed by atoms with Crippen molar-refractivity contribution in [2.75, 3.05) is 6.54 Å². The molecule has 0 spiro atoms. The smallest absolute Gasteiger partial charge is 0.237 e. The molecule has 1 aromatic carbocycles. The second kappa shape index (κ2) is 6.28. The molecule has 0 N–H and O–H groups in total. The summed E-state index contributed by atoms with van der Waals surface area (Å²) in [5, 5.41) is 0. The van der Waals surface area contributed by atoms with Crippen molar-refractivity contribution in [2.45, 2.75) is 58.4 Å². The van der Waals surface area contributed by atoms with Gasteiger partial charge in [0.25, 0.3) is 0 Å². The molecule has 5 nitrogen and oxygen atoms in total. The zero-order chi connectivity index (χ0) is 17.6. The Bertz CT molecular complexity index is 833. The minimum atomic E-state index is -0.256. The van der Waals surface area contributed by atoms with Crippen molar-refractivity contribution >= 4 is 22.8 Å². The van der Waals surface area contributed by atoms with E-state index in [0.29, 0.717) is 19.0 Å². The number of aryl methyl sites for hydroxylation is 2. The van der Waals surface area contributed by atoms with Crippen LogP contribution in [0, 0.1) is 19.8 Å². The summed E-state index contributed by atoms with van der Waals surface area (Å²) in [6, 6.07) is 4.37. The molecule has 5 heteroatoms. The highest BCUT2D eigenvalue weighted by atomic mass is 16.2. The topological polar surface area (TPSA) is 55.2 Å². The van der Waals surface area contributed by atoms with Crippen molar-refractivity contribution in [1.82, 2.24) is 14.5 Å². The Balaban J connectivity index is 1.57. The van der Waals surface area contributed by atoms with Crippen molar-refractivity contribution in [2.24, 2.45) is 5.92 Å². The Morgan fingerprint density at radius 2 is 1.84 bits per heavy atom. The van der Waals surface area contributed by atoms with E-state index in [9.17, 15) is 9.59 Å². The highest BCUT2D eigenvalue weighted by Crippen LogP contribution is 2.30. The minimum absolute atomic E-state index is 0.00240. The number of carbonyl (C=O) groups is 2. The first-order valence-electron chi connectivity index (χ1n) is 9.32. The molecule has 2 aliphatic rings. The van der Waals surface area contributed by atoms with Crippen LogP contribution in [-0.2, 0) is 4.79 Å². The monoisotopic (exact) mass is 339 g/mol. The summed E-state index contributed by atoms with van der Waals surface area (Å²) >= 11 is 0. The Morgan fingerprint density at radius 3 is 2.60 bits per heavy atom. The van der Waals surface area contributed by atoms with E-state index in [0.717, 1.165) is 29.4 Å². The Hall–Kier alpha value is -2.17. The van der Waals surface area contributed by atoms with E-state index < -0.39 is 0 Å². The van der Waals surface area contributed by atoms with Crippen LogP contribution in [0.15, 0.2) is 18.5 Å². The third-order valence-corrected chi connectivity index (χ3v) is 5.92. The molecule has 1 unspecified atom stereocenters. The van der Waals surface area contributed by atoms with E-state index in [-0.39, 0.29) is 17.7 Å². The number of aromatic nitrogens is 2. The van der Waals surface area contributed by atoms with Crippen LogP contribution < -0.4 is 0 Å². The molecule has 0 radical (unpaired) electrons. The van der Waals surface area contributed by atoms with Gasteiger partial charge in [0, 0.05) is 19.0 Å². The molecular weight excluding hydrogens is 314 g/mol. The highest BCUT2D eigenvalue weighted by Gasteiger charge is 2.38. The number of carbonyl (C=O) groups excluding carboxylic acids is 2. The maximum absolute atomic E-state index is 13.0. The maximum atomic E-state index is 13.0. The zero-order valence-electron chi connectivity index (χ0n) is 15.0. The van der Waals surface area contributed by atoms with Crippen LogP contribution in [0.25, 0.3) is 11.0 Å². The average Bonchev–Trinajstić information content (AvgIpc) is 3.19. The van der Waals surface area contributed by atoms with Crippen LogP contribution in [-0.4, -0.2) is 38.9 Å². The van der Waals surface area contributed by atoms with Crippen molar-refractivity contribution in [1.29, 1.82) is 0 Å². The van der Waals surface area contributed by atoms with E-state index in [1.54, 1.807) is 10.9 Å². The Kier molecular flexibility index (Phi) is 4.10. The largest absolute Gasteiger partial charge is 0.339 e. The van der Waals surface area contributed by atoms with Crippen LogP contribution in [0.3, 0.4) is 0 Å². The second-order valence-electron chi connectivity index (χ2n) is 7.62. The van der Waals surface area contributed by atoms with Crippen LogP contribution >= 0.6 is 0 Å². The molecule has 0 bridgehead atoms. The molecule has 1 saturated carbocycles. The molecule has 1 aliphatic heterocycles. The lowest BCUT2D eigenvalue weighted by Gasteiger charge is -2.31. The van der Waals surface area contributed by atoms with Gasteiger partial charge in [-0.3, -0.25) is 14.2 Å². The van der Waals surface area contributed by atoms with E-state index in [1.807, 2.05) is 30.9 Å². The quantitative estimate of drug-likeness (QED) is 0.842. The van der Waals surface area contributed by atoms with Crippen molar-refractivity contribution in [3.63, 3.8) is 0 Å². The van der Waals surface area contributed by atoms with Crippen LogP contribution in [0.5, 0.6) is 0 Å². The number of nitrogens with zero attached hydrogens (tertiary/aromatic N) is 3. The molecule has 4 rings (SSSR count). The Morgan fingerprint density at radius 1 is 1.12 bits per heavy atom. The minimum Gasteiger partial charge on any atom is -0.339 e. The first kappa shape index (κ1) is 16.3. The van der Waals surface area contributed by atoms with Gasteiger partial charge in [-0.25, -0.2) is 4.98 Å². The normalized spacial score (nSPS) is 22.1. The average molecular weight is 339 g/mol. The van der Waals surface area contributed by atoms with Gasteiger partial charge in [0.2, 0.25) is 11.8 Å². The second-order valence-corrected chi connectivity index (χ2v) is 7.62. The van der Waals surface area contributed by atoms with E-state index in [4.69, 9.17) is 0 Å². The van der Waals surface area contributed by atoms with E-state index in [2.05, 4.69) is 4.98 Å². The van der Waals surface area contributed by atoms with Crippen molar-refractivity contribution in [3.8, 4) is 0 Å². The number of amides is 1. The number of fused-ring (bicyclic) bond motifs is 1. The van der Waals surface area contributed by atoms with Crippen LogP contribution in [0.4, 0.5) is 0 Å². The first-order chi connectivity index (χ1) is 12.0. The third kappa shape index (κ3) is 2.86. The fraction of sp³-hybridized carbons (Fsp3) is 0.550. The fourth-order valence-corrected chi connectivity index (χ4v) is 4.28. The summed E-state index contributed by atoms with van der Waals surface area (Å²) in [6.07, 6.45) is 7.76. The van der Waals surface area contributed by atoms with Crippen molar-refractivity contribution in [3.05, 3.63) is 29.6 Å². The lowest BCUT2D eigenvalue weighted by molar-refractivity contribution is -0.130. The predicted molar refractivity (Wildman–Crippen MR) is 96.5 cm³/mol. The summed E-state index contributed by atoms with van der Waals surface area (Å²) in [6.45, 7) is 4.65. The molecule has 1 aliphatic carbocycles. The molecular formula is C20H25N3O2. The summed E-state index contributed by atoms with van der Waals surface area (Å²) in [5.41, 5.74) is 4.00. The molecule has 132 valence electrons. The SMILES string of the molecule is Cc1cc2ncn(C(=O)C3CC(=O)N(C4CCCCC4)C3)c2cc1C. The molecule has 1 amide bonds. The molecule has 1 saturated heterocycles. The van der Waals surface area contributed by atoms with Crippen molar-refractivity contribution < 1.29 is 9.59 Å². The van der Waals surface area contributed by atoms with Gasteiger partial charge in [-0.1, -0.05) is 19.3 Å². The number of hydrogen-bond donors (Lipinski definition) is 0. The van der Waals surface area contributed by atoms with Gasteiger partial charge in [0.05, 0.1) is 17.0 Å². The van der Waals surface area contributed by atoms with Gasteiger partial charge in [-0.2, -0.15) is 0 Å². The number of hydrogen-bond acceptors (Lipinski definition) is 3. The molecule has 1 aromatic heterocycles. The number of imidazole rings is 1. The predicted octanol–water partition coefficient (Wildman–Crippen LogP) is 3.47. The van der Waals surface area contributed by atoms with Crippen LogP contribution in [0.1, 0.15) is 54.4 Å². The molecule has 2 aromatic rings. The standard InChI is InChI=1S/C20H25N3O2/c1-13-8-17-18(9-14(13)2)23(12-21-17)20(25)15-10-19(24)22(11-15)16-6-4-3-5-7-16/h8-9,12,15-16H,3-7,10-11H2,1-2H3. The lowest BCUT2D eigenvalue weighted by Crippen LogP contribution is -2.38. The Labute approximate surface area is 148 Å². The van der Waals surface area contributed by atoms with Gasteiger partial charge < -0.3 is 4.90 Å². The van der Waals surface area contributed by atoms with Gasteiger partial charge in [-0.15, -0.1) is 0 Å². The zero-order valence-corrected chi connectivity index (χ0v) is 15.0. The lowest BCUT2D eigenvalue weighted by atomic mass is 9.94. The molecule has 2 fully saturated rings. The maximum Gasteiger partial charge on any atom is 0.237 e.